The molecule has 2 aromatic rings. The van der Waals surface area contributed by atoms with Gasteiger partial charge in [-0.25, -0.2) is 9.59 Å². The lowest BCUT2D eigenvalue weighted by atomic mass is 10.0. The number of rotatable bonds is 6. The zero-order valence-corrected chi connectivity index (χ0v) is 29.1. The number of hydrogen-bond acceptors (Lipinski definition) is 7. The summed E-state index contributed by atoms with van der Waals surface area (Å²) in [5.74, 6) is 0.156. The highest BCUT2D eigenvalue weighted by atomic mass is 79.9. The maximum atomic E-state index is 13.6. The zero-order chi connectivity index (χ0) is 31.5. The molecule has 0 unspecified atom stereocenters. The fraction of sp³-hybridized carbons (Fsp3) is 0.576. The molecule has 1 atom stereocenters. The molecule has 4 aliphatic rings. The first-order valence-electron chi connectivity index (χ1n) is 16.2. The molecular weight excluding hydrogens is 704 g/mol. The van der Waals surface area contributed by atoms with E-state index in [0.29, 0.717) is 41.0 Å². The van der Waals surface area contributed by atoms with Crippen LogP contribution in [0.5, 0.6) is 5.75 Å². The van der Waals surface area contributed by atoms with Crippen LogP contribution in [-0.2, 0) is 17.6 Å². The molecule has 0 aromatic heterocycles. The summed E-state index contributed by atoms with van der Waals surface area (Å²) >= 11 is 6.91. The molecule has 3 fully saturated rings. The zero-order valence-electron chi connectivity index (χ0n) is 26.0. The molecule has 2 aromatic carbocycles. The second-order valence-electron chi connectivity index (χ2n) is 12.8. The summed E-state index contributed by atoms with van der Waals surface area (Å²) in [7, 11) is 2.19. The minimum absolute atomic E-state index is 0.0633. The van der Waals surface area contributed by atoms with Gasteiger partial charge in [0.2, 0.25) is 0 Å². The van der Waals surface area contributed by atoms with Gasteiger partial charge in [-0.1, -0.05) is 18.2 Å². The quantitative estimate of drug-likeness (QED) is 0.421. The lowest BCUT2D eigenvalue weighted by molar-refractivity contribution is -0.0567. The van der Waals surface area contributed by atoms with Crippen LogP contribution in [0.1, 0.15) is 36.8 Å². The average Bonchev–Trinajstić information content (AvgIpc) is 3.22. The van der Waals surface area contributed by atoms with Gasteiger partial charge in [0.25, 0.3) is 0 Å². The Balaban J connectivity index is 1.08. The number of fused-ring (bicyclic) bond motifs is 1. The van der Waals surface area contributed by atoms with Crippen molar-refractivity contribution in [2.75, 3.05) is 71.3 Å². The second kappa shape index (κ2) is 14.6. The first-order chi connectivity index (χ1) is 21.7. The number of carbonyl (C=O) groups excluding carboxylic acids is 2. The highest BCUT2D eigenvalue weighted by Gasteiger charge is 2.35. The van der Waals surface area contributed by atoms with Crippen molar-refractivity contribution in [2.45, 2.75) is 56.8 Å². The number of piperazine rings is 1. The van der Waals surface area contributed by atoms with E-state index in [0.717, 1.165) is 75.3 Å². The van der Waals surface area contributed by atoms with Gasteiger partial charge in [0.05, 0.1) is 8.95 Å². The number of amides is 3. The van der Waals surface area contributed by atoms with Gasteiger partial charge in [0.1, 0.15) is 5.75 Å². The fourth-order valence-corrected chi connectivity index (χ4v) is 8.50. The number of likely N-dealkylation sites (tertiary alicyclic amines) is 2. The van der Waals surface area contributed by atoms with Crippen molar-refractivity contribution in [2.24, 2.45) is 0 Å². The van der Waals surface area contributed by atoms with Crippen LogP contribution in [0.4, 0.5) is 15.3 Å². The average molecular weight is 749 g/mol. The van der Waals surface area contributed by atoms with Gasteiger partial charge in [0, 0.05) is 70.0 Å². The predicted molar refractivity (Wildman–Crippen MR) is 182 cm³/mol. The standard InChI is InChI=1S/C33H44Br2N6O4/c1-37-11-7-25(8-12-37)38-16-18-39(19-17-38)30(22-23-20-27(34)31(42)28(35)21-23)45-33(44)40-13-9-26(10-14-40)41-15-6-24-4-2-3-5-29(24)36-32(41)43/h2-5,20-21,25-26,30,42H,6-19,22H2,1H3,(H,36,43)/t30-/m1/s1. The highest BCUT2D eigenvalue weighted by molar-refractivity contribution is 9.11. The number of nitrogens with one attached hydrogen (secondary N) is 1. The van der Waals surface area contributed by atoms with E-state index in [2.05, 4.69) is 65.0 Å². The Hall–Kier alpha value is -2.38. The number of aromatic hydroxyl groups is 1. The molecule has 0 aliphatic carbocycles. The summed E-state index contributed by atoms with van der Waals surface area (Å²) in [6, 6.07) is 12.4. The van der Waals surface area contributed by atoms with Crippen LogP contribution in [0, 0.1) is 0 Å². The number of urea groups is 1. The maximum absolute atomic E-state index is 13.6. The van der Waals surface area contributed by atoms with Crippen molar-refractivity contribution in [3.63, 3.8) is 0 Å². The Morgan fingerprint density at radius 3 is 2.27 bits per heavy atom. The van der Waals surface area contributed by atoms with Gasteiger partial charge in [-0.05, 0) is 113 Å². The molecule has 2 N–H and O–H groups in total. The molecule has 0 spiro atoms. The predicted octanol–water partition coefficient (Wildman–Crippen LogP) is 5.19. The minimum atomic E-state index is -0.423. The molecule has 4 aliphatic heterocycles. The lowest BCUT2D eigenvalue weighted by Gasteiger charge is -2.44. The number of hydrogen-bond donors (Lipinski definition) is 2. The molecule has 10 nitrogen and oxygen atoms in total. The lowest BCUT2D eigenvalue weighted by Crippen LogP contribution is -2.56. The van der Waals surface area contributed by atoms with Crippen LogP contribution in [-0.4, -0.2) is 126 Å². The van der Waals surface area contributed by atoms with Gasteiger partial charge in [0.15, 0.2) is 6.23 Å². The van der Waals surface area contributed by atoms with Gasteiger partial charge in [-0.2, -0.15) is 0 Å². The van der Waals surface area contributed by atoms with Crippen LogP contribution in [0.2, 0.25) is 0 Å². The van der Waals surface area contributed by atoms with Crippen LogP contribution < -0.4 is 5.32 Å². The number of nitrogens with zero attached hydrogens (tertiary/aromatic N) is 5. The Bertz CT molecular complexity index is 1330. The number of halogens is 2. The monoisotopic (exact) mass is 746 g/mol. The number of carbonyl (C=O) groups is 2. The Kier molecular flexibility index (Phi) is 10.6. The Morgan fingerprint density at radius 2 is 1.58 bits per heavy atom. The summed E-state index contributed by atoms with van der Waals surface area (Å²) in [6.45, 7) is 7.63. The number of phenolic OH excluding ortho intramolecular Hbond substituents is 1. The van der Waals surface area contributed by atoms with Gasteiger partial charge >= 0.3 is 12.1 Å². The molecular formula is C33H44Br2N6O4. The number of para-hydroxylation sites is 1. The highest BCUT2D eigenvalue weighted by Crippen LogP contribution is 2.34. The Labute approximate surface area is 282 Å². The topological polar surface area (TPSA) is 91.8 Å². The van der Waals surface area contributed by atoms with E-state index >= 15 is 0 Å². The summed E-state index contributed by atoms with van der Waals surface area (Å²) in [4.78, 5) is 37.7. The molecule has 3 amide bonds. The van der Waals surface area contributed by atoms with Crippen molar-refractivity contribution >= 4 is 49.7 Å². The third kappa shape index (κ3) is 7.78. The molecule has 0 bridgehead atoms. The number of piperidine rings is 2. The summed E-state index contributed by atoms with van der Waals surface area (Å²) < 4.78 is 7.51. The Morgan fingerprint density at radius 1 is 0.933 bits per heavy atom. The molecule has 6 rings (SSSR count). The molecule has 3 saturated heterocycles. The SMILES string of the molecule is CN1CCC(N2CCN([C@@H](Cc3cc(Br)c(O)c(Br)c3)OC(=O)N3CCC(N4CCc5ccccc5NC4=O)CC3)CC2)CC1. The van der Waals surface area contributed by atoms with E-state index in [1.54, 1.807) is 4.90 Å². The number of benzene rings is 2. The van der Waals surface area contributed by atoms with Crippen LogP contribution in [0.3, 0.4) is 0 Å². The summed E-state index contributed by atoms with van der Waals surface area (Å²) in [6.07, 6.45) is 4.44. The fourth-order valence-electron chi connectivity index (χ4n) is 7.22. The van der Waals surface area contributed by atoms with Crippen molar-refractivity contribution in [1.82, 2.24) is 24.5 Å². The van der Waals surface area contributed by atoms with Crippen LogP contribution in [0.25, 0.3) is 0 Å². The maximum Gasteiger partial charge on any atom is 0.411 e. The first-order valence-corrected chi connectivity index (χ1v) is 17.8. The van der Waals surface area contributed by atoms with Crippen molar-refractivity contribution in [3.8, 4) is 5.75 Å². The molecule has 12 heteroatoms. The van der Waals surface area contributed by atoms with Gasteiger partial charge in [-0.3, -0.25) is 9.80 Å². The molecule has 0 radical (unpaired) electrons. The molecule has 244 valence electrons. The summed E-state index contributed by atoms with van der Waals surface area (Å²) in [5.41, 5.74) is 3.01. The van der Waals surface area contributed by atoms with Crippen molar-refractivity contribution < 1.29 is 19.4 Å². The van der Waals surface area contributed by atoms with Gasteiger partial charge < -0.3 is 29.9 Å². The first kappa shape index (κ1) is 32.6. The summed E-state index contributed by atoms with van der Waals surface area (Å²) in [5, 5.41) is 13.3. The van der Waals surface area contributed by atoms with Crippen LogP contribution >= 0.6 is 31.9 Å². The third-order valence-electron chi connectivity index (χ3n) is 9.99. The van der Waals surface area contributed by atoms with E-state index < -0.39 is 6.23 Å². The molecule has 0 saturated carbocycles. The smallest absolute Gasteiger partial charge is 0.411 e. The van der Waals surface area contributed by atoms with Crippen molar-refractivity contribution in [1.29, 1.82) is 0 Å². The van der Waals surface area contributed by atoms with Crippen LogP contribution in [0.15, 0.2) is 45.3 Å². The largest absolute Gasteiger partial charge is 0.506 e. The number of phenols is 1. The van der Waals surface area contributed by atoms with E-state index in [9.17, 15) is 14.7 Å². The third-order valence-corrected chi connectivity index (χ3v) is 11.2. The van der Waals surface area contributed by atoms with Gasteiger partial charge in [-0.15, -0.1) is 0 Å². The number of ether oxygens (including phenoxy) is 1. The van der Waals surface area contributed by atoms with E-state index in [4.69, 9.17) is 4.74 Å². The van der Waals surface area contributed by atoms with Crippen molar-refractivity contribution in [3.05, 3.63) is 56.5 Å². The minimum Gasteiger partial charge on any atom is -0.506 e. The molecule has 45 heavy (non-hydrogen) atoms. The van der Waals surface area contributed by atoms with E-state index in [1.165, 1.54) is 12.8 Å². The molecule has 4 heterocycles. The number of anilines is 1. The second-order valence-corrected chi connectivity index (χ2v) is 14.5. The van der Waals surface area contributed by atoms with E-state index in [-0.39, 0.29) is 23.9 Å². The van der Waals surface area contributed by atoms with E-state index in [1.807, 2.05) is 35.2 Å². The normalized spacial score (nSPS) is 22.1.